The van der Waals surface area contributed by atoms with Crippen molar-refractivity contribution in [2.24, 2.45) is 0 Å². The molecule has 2 aromatic carbocycles. The van der Waals surface area contributed by atoms with Gasteiger partial charge in [-0.25, -0.2) is 13.2 Å². The second-order valence-corrected chi connectivity index (χ2v) is 4.75. The van der Waals surface area contributed by atoms with Crippen LogP contribution in [-0.4, -0.2) is 12.5 Å². The van der Waals surface area contributed by atoms with Gasteiger partial charge in [0.2, 0.25) is 0 Å². The van der Waals surface area contributed by atoms with Gasteiger partial charge in [-0.15, -0.1) is 0 Å². The average molecular weight is 292 g/mol. The van der Waals surface area contributed by atoms with Crippen LogP contribution in [0, 0.1) is 17.5 Å². The summed E-state index contributed by atoms with van der Waals surface area (Å²) in [7, 11) is 0. The molecule has 1 aliphatic rings. The third-order valence-electron chi connectivity index (χ3n) is 3.33. The number of anilines is 2. The van der Waals surface area contributed by atoms with Crippen LogP contribution in [0.15, 0.2) is 30.3 Å². The van der Waals surface area contributed by atoms with E-state index in [0.717, 1.165) is 24.2 Å². The van der Waals surface area contributed by atoms with Gasteiger partial charge in [-0.1, -0.05) is 6.07 Å². The maximum atomic E-state index is 13.5. The number of hydrogen-bond donors (Lipinski definition) is 2. The monoisotopic (exact) mass is 292 g/mol. The zero-order chi connectivity index (χ0) is 15.0. The minimum absolute atomic E-state index is 0.270. The Kier molecular flexibility index (Phi) is 3.29. The van der Waals surface area contributed by atoms with Gasteiger partial charge < -0.3 is 10.6 Å². The topological polar surface area (TPSA) is 41.1 Å². The summed E-state index contributed by atoms with van der Waals surface area (Å²) >= 11 is 0. The quantitative estimate of drug-likeness (QED) is 0.891. The van der Waals surface area contributed by atoms with Crippen LogP contribution in [0.1, 0.15) is 15.9 Å². The summed E-state index contributed by atoms with van der Waals surface area (Å²) in [5.41, 5.74) is 1.54. The highest BCUT2D eigenvalue weighted by Crippen LogP contribution is 2.25. The molecule has 3 nitrogen and oxygen atoms in total. The van der Waals surface area contributed by atoms with Gasteiger partial charge in [-0.05, 0) is 24.1 Å². The Bertz CT molecular complexity index is 708. The molecular formula is C15H11F3N2O. The fourth-order valence-electron chi connectivity index (χ4n) is 2.28. The number of benzene rings is 2. The minimum Gasteiger partial charge on any atom is -0.384 e. The van der Waals surface area contributed by atoms with Gasteiger partial charge in [-0.3, -0.25) is 4.79 Å². The Morgan fingerprint density at radius 3 is 2.52 bits per heavy atom. The molecule has 1 aliphatic heterocycles. The summed E-state index contributed by atoms with van der Waals surface area (Å²) in [6.45, 7) is 0.793. The van der Waals surface area contributed by atoms with Crippen LogP contribution >= 0.6 is 0 Å². The van der Waals surface area contributed by atoms with Gasteiger partial charge in [0.1, 0.15) is 11.5 Å². The van der Waals surface area contributed by atoms with Crippen molar-refractivity contribution in [2.45, 2.75) is 6.42 Å². The van der Waals surface area contributed by atoms with Crippen molar-refractivity contribution in [3.8, 4) is 0 Å². The van der Waals surface area contributed by atoms with Gasteiger partial charge >= 0.3 is 0 Å². The smallest absolute Gasteiger partial charge is 0.255 e. The van der Waals surface area contributed by atoms with Gasteiger partial charge in [-0.2, -0.15) is 0 Å². The van der Waals surface area contributed by atoms with Crippen molar-refractivity contribution in [1.29, 1.82) is 0 Å². The first-order valence-electron chi connectivity index (χ1n) is 6.37. The van der Waals surface area contributed by atoms with Crippen molar-refractivity contribution in [1.82, 2.24) is 0 Å². The number of hydrogen-bond acceptors (Lipinski definition) is 2. The Morgan fingerprint density at radius 2 is 1.81 bits per heavy atom. The van der Waals surface area contributed by atoms with E-state index in [9.17, 15) is 18.0 Å². The molecule has 1 amide bonds. The highest BCUT2D eigenvalue weighted by molar-refractivity contribution is 6.05. The van der Waals surface area contributed by atoms with E-state index in [1.165, 1.54) is 0 Å². The summed E-state index contributed by atoms with van der Waals surface area (Å²) in [6, 6.07) is 6.03. The van der Waals surface area contributed by atoms with E-state index in [1.807, 2.05) is 0 Å². The van der Waals surface area contributed by atoms with Crippen molar-refractivity contribution < 1.29 is 18.0 Å². The lowest BCUT2D eigenvalue weighted by atomic mass is 10.1. The van der Waals surface area contributed by atoms with E-state index in [4.69, 9.17) is 0 Å². The molecule has 0 aromatic heterocycles. The number of rotatable bonds is 2. The third kappa shape index (κ3) is 2.56. The van der Waals surface area contributed by atoms with Crippen LogP contribution in [0.2, 0.25) is 0 Å². The highest BCUT2D eigenvalue weighted by Gasteiger charge is 2.17. The maximum absolute atomic E-state index is 13.5. The van der Waals surface area contributed by atoms with Gasteiger partial charge in [0.15, 0.2) is 11.6 Å². The number of carbonyl (C=O) groups excluding carboxylic acids is 1. The molecule has 0 aliphatic carbocycles. The first-order chi connectivity index (χ1) is 10.0. The molecule has 0 spiro atoms. The van der Waals surface area contributed by atoms with Gasteiger partial charge in [0, 0.05) is 29.9 Å². The van der Waals surface area contributed by atoms with E-state index in [0.29, 0.717) is 12.1 Å². The lowest BCUT2D eigenvalue weighted by Gasteiger charge is -2.09. The van der Waals surface area contributed by atoms with Crippen LogP contribution in [-0.2, 0) is 6.42 Å². The molecular weight excluding hydrogens is 281 g/mol. The summed E-state index contributed by atoms with van der Waals surface area (Å²) in [5, 5.41) is 5.24. The number of carbonyl (C=O) groups is 1. The fraction of sp³-hybridized carbons (Fsp3) is 0.133. The second-order valence-electron chi connectivity index (χ2n) is 4.75. The SMILES string of the molecule is O=C(Nc1c(F)cc(F)cc1F)c1ccc2c(c1)NCC2. The summed E-state index contributed by atoms with van der Waals surface area (Å²) in [5.74, 6) is -4.00. The van der Waals surface area contributed by atoms with Gasteiger partial charge in [0.25, 0.3) is 5.91 Å². The zero-order valence-corrected chi connectivity index (χ0v) is 10.8. The van der Waals surface area contributed by atoms with Crippen LogP contribution in [0.5, 0.6) is 0 Å². The molecule has 108 valence electrons. The van der Waals surface area contributed by atoms with Crippen LogP contribution in [0.25, 0.3) is 0 Å². The molecule has 3 rings (SSSR count). The third-order valence-corrected chi connectivity index (χ3v) is 3.33. The lowest BCUT2D eigenvalue weighted by molar-refractivity contribution is 0.102. The van der Waals surface area contributed by atoms with E-state index < -0.39 is 29.0 Å². The molecule has 0 atom stereocenters. The first-order valence-corrected chi connectivity index (χ1v) is 6.37. The van der Waals surface area contributed by atoms with E-state index in [1.54, 1.807) is 18.2 Å². The Labute approximate surface area is 118 Å². The Balaban J connectivity index is 1.87. The largest absolute Gasteiger partial charge is 0.384 e. The van der Waals surface area contributed by atoms with E-state index in [2.05, 4.69) is 10.6 Å². The highest BCUT2D eigenvalue weighted by atomic mass is 19.1. The van der Waals surface area contributed by atoms with Crippen LogP contribution in [0.3, 0.4) is 0 Å². The zero-order valence-electron chi connectivity index (χ0n) is 10.8. The van der Waals surface area contributed by atoms with Crippen molar-refractivity contribution in [2.75, 3.05) is 17.2 Å². The average Bonchev–Trinajstić information content (AvgIpc) is 2.89. The lowest BCUT2D eigenvalue weighted by Crippen LogP contribution is -2.14. The summed E-state index contributed by atoms with van der Waals surface area (Å²) < 4.78 is 39.8. The number of fused-ring (bicyclic) bond motifs is 1. The number of amides is 1. The summed E-state index contributed by atoms with van der Waals surface area (Å²) in [4.78, 5) is 12.0. The molecule has 2 aromatic rings. The first kappa shape index (κ1) is 13.5. The van der Waals surface area contributed by atoms with Crippen molar-refractivity contribution in [3.63, 3.8) is 0 Å². The molecule has 21 heavy (non-hydrogen) atoms. The van der Waals surface area contributed by atoms with Crippen molar-refractivity contribution in [3.05, 3.63) is 58.9 Å². The van der Waals surface area contributed by atoms with E-state index in [-0.39, 0.29) is 5.56 Å². The minimum atomic E-state index is -1.15. The molecule has 0 saturated carbocycles. The van der Waals surface area contributed by atoms with Gasteiger partial charge in [0.05, 0.1) is 0 Å². The Hall–Kier alpha value is -2.50. The predicted molar refractivity (Wildman–Crippen MR) is 72.9 cm³/mol. The number of nitrogens with one attached hydrogen (secondary N) is 2. The van der Waals surface area contributed by atoms with Crippen LogP contribution in [0.4, 0.5) is 24.5 Å². The molecule has 2 N–H and O–H groups in total. The molecule has 6 heteroatoms. The van der Waals surface area contributed by atoms with Crippen molar-refractivity contribution >= 4 is 17.3 Å². The van der Waals surface area contributed by atoms with E-state index >= 15 is 0 Å². The molecule has 0 bridgehead atoms. The van der Waals surface area contributed by atoms with Crippen LogP contribution < -0.4 is 10.6 Å². The standard InChI is InChI=1S/C15H11F3N2O/c16-10-6-11(17)14(12(18)7-10)20-15(21)9-2-1-8-3-4-19-13(8)5-9/h1-2,5-7,19H,3-4H2,(H,20,21). The fourth-order valence-corrected chi connectivity index (χ4v) is 2.28. The molecule has 0 unspecified atom stereocenters. The molecule has 0 fully saturated rings. The predicted octanol–water partition coefficient (Wildman–Crippen LogP) is 3.32. The maximum Gasteiger partial charge on any atom is 0.255 e. The molecule has 1 heterocycles. The normalized spacial score (nSPS) is 12.7. The summed E-state index contributed by atoms with van der Waals surface area (Å²) in [6.07, 6.45) is 0.873. The number of halogens is 3. The second kappa shape index (κ2) is 5.12. The molecule has 0 saturated heterocycles. The molecule has 0 radical (unpaired) electrons. The Morgan fingerprint density at radius 1 is 1.10 bits per heavy atom.